The molecule has 0 unspecified atom stereocenters. The Hall–Kier alpha value is -1.69. The molecule has 2 N–H and O–H groups in total. The largest absolute Gasteiger partial charge is 0.360 e. The molecule has 0 radical (unpaired) electrons. The molecule has 1 atom stereocenters. The first kappa shape index (κ1) is 17.1. The topological polar surface area (TPSA) is 89.4 Å². The fourth-order valence-electron chi connectivity index (χ4n) is 3.33. The summed E-state index contributed by atoms with van der Waals surface area (Å²) in [6.07, 6.45) is 5.39. The summed E-state index contributed by atoms with van der Waals surface area (Å²) in [6, 6.07) is 1.37. The van der Waals surface area contributed by atoms with Crippen molar-refractivity contribution in [1.82, 2.24) is 10.1 Å². The molecule has 6 heteroatoms. The average Bonchev–Trinajstić information content (AvgIpc) is 3.30. The number of amides is 1. The highest BCUT2D eigenvalue weighted by Crippen LogP contribution is 2.40. The highest BCUT2D eigenvalue weighted by molar-refractivity contribution is 5.94. The second-order valence-electron chi connectivity index (χ2n) is 7.74. The molecule has 2 fully saturated rings. The summed E-state index contributed by atoms with van der Waals surface area (Å²) in [5.74, 6) is 1.40. The van der Waals surface area contributed by atoms with Crippen LogP contribution in [0.5, 0.6) is 0 Å². The average molecular weight is 333 g/mol. The Labute approximate surface area is 142 Å². The van der Waals surface area contributed by atoms with Crippen molar-refractivity contribution in [3.8, 4) is 0 Å². The number of nitrogens with zero attached hydrogens (tertiary/aromatic N) is 2. The van der Waals surface area contributed by atoms with E-state index in [0.717, 1.165) is 51.0 Å². The summed E-state index contributed by atoms with van der Waals surface area (Å²) in [5, 5.41) is 3.93. The van der Waals surface area contributed by atoms with Crippen LogP contribution in [-0.2, 0) is 4.79 Å². The summed E-state index contributed by atoms with van der Waals surface area (Å²) >= 11 is 0. The van der Waals surface area contributed by atoms with Crippen LogP contribution in [0.1, 0.15) is 74.5 Å². The van der Waals surface area contributed by atoms with Gasteiger partial charge in [0.2, 0.25) is 5.91 Å². The molecular formula is C18H27N3O3. The maximum Gasteiger partial charge on any atom is 0.239 e. The van der Waals surface area contributed by atoms with Gasteiger partial charge in [-0.05, 0) is 44.4 Å². The normalized spacial score (nSPS) is 21.5. The van der Waals surface area contributed by atoms with Crippen molar-refractivity contribution in [2.45, 2.75) is 64.3 Å². The van der Waals surface area contributed by atoms with Gasteiger partial charge < -0.3 is 15.2 Å². The minimum Gasteiger partial charge on any atom is -0.360 e. The Morgan fingerprint density at radius 1 is 1.42 bits per heavy atom. The van der Waals surface area contributed by atoms with Gasteiger partial charge >= 0.3 is 0 Å². The van der Waals surface area contributed by atoms with Gasteiger partial charge in [-0.1, -0.05) is 12.1 Å². The molecule has 1 saturated carbocycles. The second-order valence-corrected chi connectivity index (χ2v) is 7.74. The number of ketones is 1. The van der Waals surface area contributed by atoms with Gasteiger partial charge in [-0.2, -0.15) is 0 Å². The number of piperidine rings is 1. The standard InChI is InChI=1S/C18H27N3O3/c1-12(19)17(23)21-9-7-18(2,8-10-21)6-5-15(22)14-11-16(24-20-14)13-3-4-13/h11-13H,3-10,19H2,1-2H3/t12-/m0/s1. The zero-order chi connectivity index (χ0) is 17.3. The van der Waals surface area contributed by atoms with Gasteiger partial charge in [0.25, 0.3) is 0 Å². The van der Waals surface area contributed by atoms with Crippen molar-refractivity contribution in [2.24, 2.45) is 11.1 Å². The zero-order valence-electron chi connectivity index (χ0n) is 14.6. The molecule has 132 valence electrons. The van der Waals surface area contributed by atoms with E-state index in [1.807, 2.05) is 11.0 Å². The number of rotatable bonds is 6. The van der Waals surface area contributed by atoms with Crippen LogP contribution in [0.25, 0.3) is 0 Å². The molecule has 1 aliphatic heterocycles. The number of hydrogen-bond donors (Lipinski definition) is 1. The maximum absolute atomic E-state index is 12.3. The molecule has 0 spiro atoms. The number of carbonyl (C=O) groups excluding carboxylic acids is 2. The van der Waals surface area contributed by atoms with Crippen LogP contribution in [0.3, 0.4) is 0 Å². The molecule has 1 aromatic heterocycles. The Bertz CT molecular complexity index is 611. The van der Waals surface area contributed by atoms with Crippen LogP contribution in [0, 0.1) is 5.41 Å². The highest BCUT2D eigenvalue weighted by atomic mass is 16.5. The first-order valence-electron chi connectivity index (χ1n) is 8.92. The molecule has 0 bridgehead atoms. The fraction of sp³-hybridized carbons (Fsp3) is 0.722. The van der Waals surface area contributed by atoms with E-state index in [2.05, 4.69) is 12.1 Å². The van der Waals surface area contributed by atoms with Gasteiger partial charge in [0, 0.05) is 31.5 Å². The molecule has 0 aromatic carbocycles. The number of likely N-dealkylation sites (tertiary alicyclic amines) is 1. The van der Waals surface area contributed by atoms with Gasteiger partial charge in [-0.25, -0.2) is 0 Å². The molecule has 3 rings (SSSR count). The van der Waals surface area contributed by atoms with E-state index >= 15 is 0 Å². The lowest BCUT2D eigenvalue weighted by molar-refractivity contribution is -0.134. The van der Waals surface area contributed by atoms with Crippen LogP contribution in [0.4, 0.5) is 0 Å². The summed E-state index contributed by atoms with van der Waals surface area (Å²) in [5.41, 5.74) is 6.23. The van der Waals surface area contributed by atoms with Crippen LogP contribution in [-0.4, -0.2) is 40.9 Å². The first-order valence-corrected chi connectivity index (χ1v) is 8.92. The van der Waals surface area contributed by atoms with E-state index in [0.29, 0.717) is 18.0 Å². The maximum atomic E-state index is 12.3. The smallest absolute Gasteiger partial charge is 0.239 e. The van der Waals surface area contributed by atoms with E-state index in [4.69, 9.17) is 10.3 Å². The van der Waals surface area contributed by atoms with Crippen molar-refractivity contribution >= 4 is 11.7 Å². The zero-order valence-corrected chi connectivity index (χ0v) is 14.6. The first-order chi connectivity index (χ1) is 11.4. The predicted octanol–water partition coefficient (Wildman–Crippen LogP) is 2.49. The Kier molecular flexibility index (Phi) is 4.76. The van der Waals surface area contributed by atoms with Crippen LogP contribution in [0.2, 0.25) is 0 Å². The summed E-state index contributed by atoms with van der Waals surface area (Å²) < 4.78 is 5.26. The molecule has 24 heavy (non-hydrogen) atoms. The number of nitrogens with two attached hydrogens (primary N) is 1. The molecule has 1 amide bonds. The van der Waals surface area contributed by atoms with E-state index in [1.54, 1.807) is 6.92 Å². The Balaban J connectivity index is 1.48. The predicted molar refractivity (Wildman–Crippen MR) is 89.6 cm³/mol. The number of carbonyl (C=O) groups is 2. The Morgan fingerprint density at radius 2 is 2.08 bits per heavy atom. The molecule has 6 nitrogen and oxygen atoms in total. The molecular weight excluding hydrogens is 306 g/mol. The molecule has 1 saturated heterocycles. The van der Waals surface area contributed by atoms with Gasteiger partial charge in [-0.15, -0.1) is 0 Å². The number of aromatic nitrogens is 1. The Morgan fingerprint density at radius 3 is 2.67 bits per heavy atom. The van der Waals surface area contributed by atoms with E-state index in [-0.39, 0.29) is 17.1 Å². The number of hydrogen-bond acceptors (Lipinski definition) is 5. The molecule has 2 aliphatic rings. The highest BCUT2D eigenvalue weighted by Gasteiger charge is 2.33. The third kappa shape index (κ3) is 3.86. The lowest BCUT2D eigenvalue weighted by Crippen LogP contribution is -2.47. The summed E-state index contributed by atoms with van der Waals surface area (Å²) in [7, 11) is 0. The molecule has 1 aliphatic carbocycles. The van der Waals surface area contributed by atoms with Crippen molar-refractivity contribution < 1.29 is 14.1 Å². The van der Waals surface area contributed by atoms with Gasteiger partial charge in [0.15, 0.2) is 5.78 Å². The number of Topliss-reactive ketones (excluding diaryl/α,β-unsaturated/α-hetero) is 1. The fourth-order valence-corrected chi connectivity index (χ4v) is 3.33. The monoisotopic (exact) mass is 333 g/mol. The van der Waals surface area contributed by atoms with Crippen LogP contribution < -0.4 is 5.73 Å². The van der Waals surface area contributed by atoms with Crippen molar-refractivity contribution in [2.75, 3.05) is 13.1 Å². The third-order valence-corrected chi connectivity index (χ3v) is 5.42. The summed E-state index contributed by atoms with van der Waals surface area (Å²) in [6.45, 7) is 5.37. The van der Waals surface area contributed by atoms with Crippen LogP contribution >= 0.6 is 0 Å². The lowest BCUT2D eigenvalue weighted by Gasteiger charge is -2.40. The van der Waals surface area contributed by atoms with Gasteiger partial charge in [-0.3, -0.25) is 9.59 Å². The van der Waals surface area contributed by atoms with Crippen molar-refractivity contribution in [3.63, 3.8) is 0 Å². The van der Waals surface area contributed by atoms with Crippen molar-refractivity contribution in [3.05, 3.63) is 17.5 Å². The second kappa shape index (κ2) is 6.67. The van der Waals surface area contributed by atoms with Crippen LogP contribution in [0.15, 0.2) is 10.6 Å². The third-order valence-electron chi connectivity index (χ3n) is 5.42. The SMILES string of the molecule is C[C@H](N)C(=O)N1CCC(C)(CCC(=O)c2cc(C3CC3)on2)CC1. The molecule has 2 heterocycles. The van der Waals surface area contributed by atoms with Crippen molar-refractivity contribution in [1.29, 1.82) is 0 Å². The minimum absolute atomic E-state index is 0.0170. The molecule has 1 aromatic rings. The summed E-state index contributed by atoms with van der Waals surface area (Å²) in [4.78, 5) is 26.1. The van der Waals surface area contributed by atoms with Gasteiger partial charge in [0.1, 0.15) is 11.5 Å². The lowest BCUT2D eigenvalue weighted by atomic mass is 9.76. The van der Waals surface area contributed by atoms with E-state index in [9.17, 15) is 9.59 Å². The van der Waals surface area contributed by atoms with E-state index in [1.165, 1.54) is 0 Å². The minimum atomic E-state index is -0.441. The van der Waals surface area contributed by atoms with E-state index < -0.39 is 6.04 Å². The van der Waals surface area contributed by atoms with Gasteiger partial charge in [0.05, 0.1) is 6.04 Å². The quantitative estimate of drug-likeness (QED) is 0.808.